The predicted octanol–water partition coefficient (Wildman–Crippen LogP) is 0.879. The lowest BCUT2D eigenvalue weighted by molar-refractivity contribution is -0.117. The van der Waals surface area contributed by atoms with Crippen molar-refractivity contribution >= 4 is 21.6 Å². The summed E-state index contributed by atoms with van der Waals surface area (Å²) in [6, 6.07) is 5.57. The molecular formula is C13H16N4O3S. The molecule has 3 N–H and O–H groups in total. The summed E-state index contributed by atoms with van der Waals surface area (Å²) in [5.41, 5.74) is 6.81. The zero-order valence-electron chi connectivity index (χ0n) is 11.6. The molecule has 0 saturated carbocycles. The van der Waals surface area contributed by atoms with E-state index in [2.05, 4.69) is 9.97 Å². The molecule has 0 unspecified atom stereocenters. The number of amides is 1. The van der Waals surface area contributed by atoms with Crippen molar-refractivity contribution in [1.82, 2.24) is 14.7 Å². The summed E-state index contributed by atoms with van der Waals surface area (Å²) in [5.74, 6) is -0.623. The number of sulfonamides is 1. The van der Waals surface area contributed by atoms with E-state index in [9.17, 15) is 13.2 Å². The third-order valence-corrected chi connectivity index (χ3v) is 3.61. The summed E-state index contributed by atoms with van der Waals surface area (Å²) in [5, 5.41) is 0. The Labute approximate surface area is 123 Å². The van der Waals surface area contributed by atoms with Crippen molar-refractivity contribution in [2.24, 2.45) is 0 Å². The highest BCUT2D eigenvalue weighted by molar-refractivity contribution is 7.90. The van der Waals surface area contributed by atoms with E-state index in [1.165, 1.54) is 24.3 Å². The number of hydrogen-bond donors (Lipinski definition) is 2. The van der Waals surface area contributed by atoms with E-state index in [1.807, 2.05) is 11.6 Å². The molecular weight excluding hydrogens is 292 g/mol. The van der Waals surface area contributed by atoms with Gasteiger partial charge >= 0.3 is 0 Å². The van der Waals surface area contributed by atoms with Crippen LogP contribution in [-0.2, 0) is 14.8 Å². The van der Waals surface area contributed by atoms with Crippen LogP contribution in [0.4, 0.5) is 5.69 Å². The van der Waals surface area contributed by atoms with Gasteiger partial charge in [-0.1, -0.05) is 0 Å². The topological polar surface area (TPSA) is 115 Å². The highest BCUT2D eigenvalue weighted by atomic mass is 32.2. The number of hydrogen-bond acceptors (Lipinski definition) is 6. The van der Waals surface area contributed by atoms with E-state index in [1.54, 1.807) is 18.6 Å². The van der Waals surface area contributed by atoms with E-state index in [-0.39, 0.29) is 4.90 Å². The van der Waals surface area contributed by atoms with Gasteiger partial charge in [0.2, 0.25) is 5.91 Å². The normalized spacial score (nSPS) is 10.2. The molecule has 8 heteroatoms. The first-order valence-corrected chi connectivity index (χ1v) is 7.41. The molecule has 7 nitrogen and oxygen atoms in total. The van der Waals surface area contributed by atoms with Gasteiger partial charge in [-0.2, -0.15) is 0 Å². The van der Waals surface area contributed by atoms with Crippen molar-refractivity contribution in [3.63, 3.8) is 0 Å². The van der Waals surface area contributed by atoms with Crippen LogP contribution in [0.2, 0.25) is 0 Å². The first-order valence-electron chi connectivity index (χ1n) is 5.93. The molecule has 0 atom stereocenters. The fraction of sp³-hybridized carbons (Fsp3) is 0.154. The number of nitrogens with zero attached hydrogens (tertiary/aromatic N) is 2. The van der Waals surface area contributed by atoms with Crippen LogP contribution >= 0.6 is 0 Å². The zero-order valence-corrected chi connectivity index (χ0v) is 12.5. The number of aryl methyl sites for hydroxylation is 1. The van der Waals surface area contributed by atoms with Gasteiger partial charge in [0, 0.05) is 31.2 Å². The van der Waals surface area contributed by atoms with Crippen LogP contribution in [0.1, 0.15) is 12.6 Å². The molecule has 1 heterocycles. The van der Waals surface area contributed by atoms with Crippen molar-refractivity contribution in [2.45, 2.75) is 18.7 Å². The first-order chi connectivity index (χ1) is 9.81. The third-order valence-electron chi connectivity index (χ3n) is 2.16. The minimum atomic E-state index is -3.73. The lowest BCUT2D eigenvalue weighted by Crippen LogP contribution is -2.28. The number of nitrogen functional groups attached to an aromatic ring is 1. The van der Waals surface area contributed by atoms with E-state index < -0.39 is 15.9 Å². The quantitative estimate of drug-likeness (QED) is 0.796. The Bertz CT molecular complexity index is 685. The van der Waals surface area contributed by atoms with Crippen molar-refractivity contribution in [3.8, 4) is 0 Å². The van der Waals surface area contributed by atoms with Gasteiger partial charge in [0.05, 0.1) is 10.6 Å². The molecule has 0 radical (unpaired) electrons. The summed E-state index contributed by atoms with van der Waals surface area (Å²) in [7, 11) is -3.73. The van der Waals surface area contributed by atoms with Gasteiger partial charge in [-0.25, -0.2) is 13.1 Å². The summed E-state index contributed by atoms with van der Waals surface area (Å²) < 4.78 is 24.6. The van der Waals surface area contributed by atoms with Crippen LogP contribution in [0, 0.1) is 6.92 Å². The average Bonchev–Trinajstić information content (AvgIpc) is 2.39. The summed E-state index contributed by atoms with van der Waals surface area (Å²) >= 11 is 0. The monoisotopic (exact) mass is 308 g/mol. The van der Waals surface area contributed by atoms with Gasteiger partial charge in [0.15, 0.2) is 0 Å². The predicted molar refractivity (Wildman–Crippen MR) is 78.6 cm³/mol. The van der Waals surface area contributed by atoms with Crippen LogP contribution in [0.5, 0.6) is 0 Å². The number of anilines is 1. The van der Waals surface area contributed by atoms with Crippen LogP contribution < -0.4 is 10.5 Å². The molecule has 0 aliphatic carbocycles. The smallest absolute Gasteiger partial charge is 0.264 e. The lowest BCUT2D eigenvalue weighted by Gasteiger charge is -2.04. The zero-order chi connectivity index (χ0) is 15.9. The molecule has 21 heavy (non-hydrogen) atoms. The molecule has 0 spiro atoms. The van der Waals surface area contributed by atoms with Crippen molar-refractivity contribution < 1.29 is 13.2 Å². The summed E-state index contributed by atoms with van der Waals surface area (Å²) in [6.45, 7) is 3.04. The fourth-order valence-corrected chi connectivity index (χ4v) is 2.26. The number of benzene rings is 1. The number of nitrogens with one attached hydrogen (secondary N) is 1. The Morgan fingerprint density at radius 3 is 2.19 bits per heavy atom. The minimum absolute atomic E-state index is 0.0156. The van der Waals surface area contributed by atoms with Gasteiger partial charge in [-0.15, -0.1) is 0 Å². The van der Waals surface area contributed by atoms with E-state index >= 15 is 0 Å². The van der Waals surface area contributed by atoms with Crippen molar-refractivity contribution in [1.29, 1.82) is 0 Å². The summed E-state index contributed by atoms with van der Waals surface area (Å²) in [6.07, 6.45) is 5.06. The Kier molecular flexibility index (Phi) is 5.79. The van der Waals surface area contributed by atoms with Gasteiger partial charge < -0.3 is 5.73 Å². The SMILES string of the molecule is CC(=O)NS(=O)(=O)c1ccc(N)cc1.Cc1cnccn1. The van der Waals surface area contributed by atoms with Gasteiger partial charge in [-0.3, -0.25) is 14.8 Å². The molecule has 0 aliphatic rings. The molecule has 1 aromatic heterocycles. The lowest BCUT2D eigenvalue weighted by atomic mass is 10.3. The molecule has 0 bridgehead atoms. The van der Waals surface area contributed by atoms with Crippen LogP contribution in [-0.4, -0.2) is 24.3 Å². The maximum Gasteiger partial charge on any atom is 0.264 e. The number of rotatable bonds is 2. The van der Waals surface area contributed by atoms with E-state index in [0.717, 1.165) is 12.6 Å². The molecule has 2 rings (SSSR count). The molecule has 112 valence electrons. The largest absolute Gasteiger partial charge is 0.399 e. The second kappa shape index (κ2) is 7.34. The Hall–Kier alpha value is -2.48. The molecule has 1 aromatic carbocycles. The number of carbonyl (C=O) groups is 1. The maximum atomic E-state index is 11.4. The highest BCUT2D eigenvalue weighted by Crippen LogP contribution is 2.10. The van der Waals surface area contributed by atoms with Crippen LogP contribution in [0.3, 0.4) is 0 Å². The highest BCUT2D eigenvalue weighted by Gasteiger charge is 2.14. The molecule has 0 fully saturated rings. The first kappa shape index (κ1) is 16.6. The molecule has 0 saturated heterocycles. The van der Waals surface area contributed by atoms with Crippen LogP contribution in [0.15, 0.2) is 47.8 Å². The van der Waals surface area contributed by atoms with E-state index in [0.29, 0.717) is 5.69 Å². The average molecular weight is 308 g/mol. The minimum Gasteiger partial charge on any atom is -0.399 e. The fourth-order valence-electron chi connectivity index (χ4n) is 1.27. The molecule has 0 aliphatic heterocycles. The van der Waals surface area contributed by atoms with Crippen molar-refractivity contribution in [3.05, 3.63) is 48.5 Å². The number of carbonyl (C=O) groups excluding carboxylic acids is 1. The standard InChI is InChI=1S/C8H10N2O3S.C5H6N2/c1-6(11)10-14(12,13)8-4-2-7(9)3-5-8;1-5-4-6-2-3-7-5/h2-5H,9H2,1H3,(H,10,11);2-4H,1H3. The molecule has 2 aromatic rings. The van der Waals surface area contributed by atoms with Crippen molar-refractivity contribution in [2.75, 3.05) is 5.73 Å². The Balaban J connectivity index is 0.000000262. The number of nitrogens with two attached hydrogens (primary N) is 1. The van der Waals surface area contributed by atoms with Gasteiger partial charge in [0.1, 0.15) is 0 Å². The number of aromatic nitrogens is 2. The van der Waals surface area contributed by atoms with Gasteiger partial charge in [-0.05, 0) is 31.2 Å². The third kappa shape index (κ3) is 6.00. The van der Waals surface area contributed by atoms with Crippen LogP contribution in [0.25, 0.3) is 0 Å². The van der Waals surface area contributed by atoms with E-state index in [4.69, 9.17) is 5.73 Å². The maximum absolute atomic E-state index is 11.4. The van der Waals surface area contributed by atoms with Gasteiger partial charge in [0.25, 0.3) is 10.0 Å². The Morgan fingerprint density at radius 1 is 1.19 bits per heavy atom. The summed E-state index contributed by atoms with van der Waals surface area (Å²) in [4.78, 5) is 18.3. The second-order valence-corrected chi connectivity index (χ2v) is 5.76. The Morgan fingerprint density at radius 2 is 1.81 bits per heavy atom. The molecule has 1 amide bonds. The second-order valence-electron chi connectivity index (χ2n) is 4.08.